The Bertz CT molecular complexity index is 252. The van der Waals surface area contributed by atoms with Gasteiger partial charge in [-0.2, -0.15) is 0 Å². The summed E-state index contributed by atoms with van der Waals surface area (Å²) in [6.45, 7) is 4.36. The molecule has 0 amide bonds. The van der Waals surface area contributed by atoms with Gasteiger partial charge in [-0.15, -0.1) is 0 Å². The lowest BCUT2D eigenvalue weighted by atomic mass is 9.77. The largest absolute Gasteiger partial charge is 0.481 e. The van der Waals surface area contributed by atoms with Crippen molar-refractivity contribution in [2.75, 3.05) is 0 Å². The summed E-state index contributed by atoms with van der Waals surface area (Å²) in [6.07, 6.45) is 4.22. The van der Waals surface area contributed by atoms with Crippen LogP contribution < -0.4 is 5.32 Å². The Morgan fingerprint density at radius 3 is 2.80 bits per heavy atom. The molecule has 3 nitrogen and oxygen atoms in total. The molecule has 86 valence electrons. The Labute approximate surface area is 91.2 Å². The number of nitrogens with one attached hydrogen (secondary N) is 1. The van der Waals surface area contributed by atoms with Gasteiger partial charge in [-0.1, -0.05) is 13.8 Å². The number of carbonyl (C=O) groups is 1. The topological polar surface area (TPSA) is 49.3 Å². The summed E-state index contributed by atoms with van der Waals surface area (Å²) in [4.78, 5) is 11.2. The third-order valence-electron chi connectivity index (χ3n) is 3.91. The van der Waals surface area contributed by atoms with E-state index in [0.717, 1.165) is 12.8 Å². The number of fused-ring (bicyclic) bond motifs is 2. The number of carboxylic acid groups (broad SMARTS) is 1. The third-order valence-corrected chi connectivity index (χ3v) is 3.91. The zero-order chi connectivity index (χ0) is 11.0. The van der Waals surface area contributed by atoms with Crippen LogP contribution in [0.3, 0.4) is 0 Å². The molecule has 4 atom stereocenters. The lowest BCUT2D eigenvalue weighted by Gasteiger charge is -2.36. The fraction of sp³-hybridized carbons (Fsp3) is 0.917. The first kappa shape index (κ1) is 10.9. The molecule has 2 heterocycles. The Morgan fingerprint density at radius 1 is 1.47 bits per heavy atom. The normalized spacial score (nSPS) is 39.7. The van der Waals surface area contributed by atoms with Crippen LogP contribution in [0.25, 0.3) is 0 Å². The van der Waals surface area contributed by atoms with Crippen molar-refractivity contribution in [3.05, 3.63) is 0 Å². The van der Waals surface area contributed by atoms with Crippen molar-refractivity contribution in [3.8, 4) is 0 Å². The van der Waals surface area contributed by atoms with Gasteiger partial charge in [0.05, 0.1) is 5.92 Å². The molecule has 2 aliphatic heterocycles. The second kappa shape index (κ2) is 4.12. The van der Waals surface area contributed by atoms with Gasteiger partial charge in [0.2, 0.25) is 0 Å². The average molecular weight is 211 g/mol. The first-order chi connectivity index (χ1) is 7.08. The van der Waals surface area contributed by atoms with E-state index in [4.69, 9.17) is 0 Å². The van der Waals surface area contributed by atoms with Crippen molar-refractivity contribution in [2.24, 2.45) is 17.8 Å². The van der Waals surface area contributed by atoms with Gasteiger partial charge in [-0.3, -0.25) is 4.79 Å². The molecule has 4 unspecified atom stereocenters. The highest BCUT2D eigenvalue weighted by atomic mass is 16.4. The Hall–Kier alpha value is -0.570. The molecule has 2 saturated heterocycles. The minimum atomic E-state index is -0.584. The number of hydrogen-bond donors (Lipinski definition) is 2. The molecule has 3 heteroatoms. The third kappa shape index (κ3) is 2.17. The summed E-state index contributed by atoms with van der Waals surface area (Å²) < 4.78 is 0. The van der Waals surface area contributed by atoms with E-state index in [9.17, 15) is 9.90 Å². The van der Waals surface area contributed by atoms with Crippen molar-refractivity contribution in [3.63, 3.8) is 0 Å². The molecule has 15 heavy (non-hydrogen) atoms. The van der Waals surface area contributed by atoms with E-state index in [1.54, 1.807) is 0 Å². The zero-order valence-electron chi connectivity index (χ0n) is 9.57. The van der Waals surface area contributed by atoms with Crippen LogP contribution in [0.5, 0.6) is 0 Å². The summed E-state index contributed by atoms with van der Waals surface area (Å²) in [5, 5.41) is 12.8. The van der Waals surface area contributed by atoms with Crippen LogP contribution in [0.2, 0.25) is 0 Å². The quantitative estimate of drug-likeness (QED) is 0.749. The Kier molecular flexibility index (Phi) is 3.01. The average Bonchev–Trinajstić information content (AvgIpc) is 2.52. The molecular formula is C12H21NO2. The second-order valence-corrected chi connectivity index (χ2v) is 5.52. The van der Waals surface area contributed by atoms with Crippen LogP contribution in [-0.4, -0.2) is 23.2 Å². The van der Waals surface area contributed by atoms with Crippen molar-refractivity contribution in [1.82, 2.24) is 5.32 Å². The molecule has 0 aromatic carbocycles. The van der Waals surface area contributed by atoms with E-state index in [0.29, 0.717) is 23.9 Å². The lowest BCUT2D eigenvalue weighted by Crippen LogP contribution is -2.48. The summed E-state index contributed by atoms with van der Waals surface area (Å²) >= 11 is 0. The van der Waals surface area contributed by atoms with Crippen molar-refractivity contribution < 1.29 is 9.90 Å². The lowest BCUT2D eigenvalue weighted by molar-refractivity contribution is -0.145. The van der Waals surface area contributed by atoms with Gasteiger partial charge in [-0.05, 0) is 37.5 Å². The zero-order valence-corrected chi connectivity index (χ0v) is 9.57. The first-order valence-electron chi connectivity index (χ1n) is 6.06. The smallest absolute Gasteiger partial charge is 0.306 e. The van der Waals surface area contributed by atoms with Crippen LogP contribution in [0.4, 0.5) is 0 Å². The second-order valence-electron chi connectivity index (χ2n) is 5.52. The molecule has 2 bridgehead atoms. The maximum atomic E-state index is 11.2. The summed E-state index contributed by atoms with van der Waals surface area (Å²) in [6, 6.07) is 0.937. The fourth-order valence-corrected chi connectivity index (χ4v) is 3.29. The molecule has 2 aliphatic rings. The number of carboxylic acids is 1. The monoisotopic (exact) mass is 211 g/mol. The van der Waals surface area contributed by atoms with Gasteiger partial charge in [-0.25, -0.2) is 0 Å². The SMILES string of the molecule is CC(C)CC1C2CCC(CC1C(=O)O)N2. The predicted molar refractivity (Wildman–Crippen MR) is 58.6 cm³/mol. The summed E-state index contributed by atoms with van der Waals surface area (Å²) in [5.74, 6) is 0.252. The molecule has 0 radical (unpaired) electrons. The van der Waals surface area contributed by atoms with E-state index in [1.165, 1.54) is 12.8 Å². The van der Waals surface area contributed by atoms with E-state index >= 15 is 0 Å². The fourth-order valence-electron chi connectivity index (χ4n) is 3.29. The maximum Gasteiger partial charge on any atom is 0.306 e. The van der Waals surface area contributed by atoms with E-state index < -0.39 is 5.97 Å². The van der Waals surface area contributed by atoms with Gasteiger partial charge in [0.15, 0.2) is 0 Å². The number of piperidine rings is 1. The Morgan fingerprint density at radius 2 is 2.20 bits per heavy atom. The molecule has 0 aromatic rings. The van der Waals surface area contributed by atoms with Crippen LogP contribution in [0, 0.1) is 17.8 Å². The van der Waals surface area contributed by atoms with Crippen LogP contribution in [0.15, 0.2) is 0 Å². The highest BCUT2D eigenvalue weighted by Gasteiger charge is 2.44. The van der Waals surface area contributed by atoms with Gasteiger partial charge >= 0.3 is 5.97 Å². The first-order valence-corrected chi connectivity index (χ1v) is 6.06. The molecular weight excluding hydrogens is 190 g/mol. The number of rotatable bonds is 3. The summed E-state index contributed by atoms with van der Waals surface area (Å²) in [5.41, 5.74) is 0. The molecule has 2 fully saturated rings. The van der Waals surface area contributed by atoms with Crippen molar-refractivity contribution in [1.29, 1.82) is 0 Å². The predicted octanol–water partition coefficient (Wildman–Crippen LogP) is 1.87. The van der Waals surface area contributed by atoms with E-state index in [-0.39, 0.29) is 5.92 Å². The van der Waals surface area contributed by atoms with E-state index in [1.807, 2.05) is 0 Å². The molecule has 0 saturated carbocycles. The van der Waals surface area contributed by atoms with Crippen molar-refractivity contribution >= 4 is 5.97 Å². The Balaban J connectivity index is 2.10. The van der Waals surface area contributed by atoms with Gasteiger partial charge in [0, 0.05) is 12.1 Å². The van der Waals surface area contributed by atoms with Gasteiger partial charge < -0.3 is 10.4 Å². The van der Waals surface area contributed by atoms with Crippen LogP contribution in [-0.2, 0) is 4.79 Å². The number of aliphatic carboxylic acids is 1. The molecule has 0 spiro atoms. The van der Waals surface area contributed by atoms with Gasteiger partial charge in [0.25, 0.3) is 0 Å². The van der Waals surface area contributed by atoms with Gasteiger partial charge in [0.1, 0.15) is 0 Å². The van der Waals surface area contributed by atoms with Crippen LogP contribution >= 0.6 is 0 Å². The highest BCUT2D eigenvalue weighted by Crippen LogP contribution is 2.39. The minimum Gasteiger partial charge on any atom is -0.481 e. The van der Waals surface area contributed by atoms with E-state index in [2.05, 4.69) is 19.2 Å². The highest BCUT2D eigenvalue weighted by molar-refractivity contribution is 5.70. The molecule has 0 aliphatic carbocycles. The molecule has 2 N–H and O–H groups in total. The summed E-state index contributed by atoms with van der Waals surface area (Å²) in [7, 11) is 0. The standard InChI is InChI=1S/C12H21NO2/c1-7(2)5-9-10(12(14)15)6-8-3-4-11(9)13-8/h7-11,13H,3-6H2,1-2H3,(H,14,15). The molecule has 0 aromatic heterocycles. The number of hydrogen-bond acceptors (Lipinski definition) is 2. The van der Waals surface area contributed by atoms with Crippen molar-refractivity contribution in [2.45, 2.75) is 51.6 Å². The molecule has 2 rings (SSSR count). The minimum absolute atomic E-state index is 0.105. The maximum absolute atomic E-state index is 11.2. The van der Waals surface area contributed by atoms with Crippen LogP contribution in [0.1, 0.15) is 39.5 Å².